The van der Waals surface area contributed by atoms with E-state index < -0.39 is 0 Å². The molecule has 1 saturated heterocycles. The molecular weight excluding hydrogens is 332 g/mol. The standard InChI is InChI=1S/C12H7BrN2OS2/c13-7-1-2-9-8(4-7)6(5-14-9)3-10-11(16)15-12(17)18-10/h1-5,14H,(H,15,16,17)/b10-3-. The first-order chi connectivity index (χ1) is 8.63. The minimum Gasteiger partial charge on any atom is -0.361 e. The van der Waals surface area contributed by atoms with Crippen molar-refractivity contribution in [1.82, 2.24) is 10.3 Å². The summed E-state index contributed by atoms with van der Waals surface area (Å²) in [6, 6.07) is 5.99. The lowest BCUT2D eigenvalue weighted by atomic mass is 10.1. The number of fused-ring (bicyclic) bond motifs is 1. The molecule has 0 radical (unpaired) electrons. The summed E-state index contributed by atoms with van der Waals surface area (Å²) in [6.07, 6.45) is 3.74. The molecule has 3 nitrogen and oxygen atoms in total. The minimum atomic E-state index is -0.130. The zero-order valence-electron chi connectivity index (χ0n) is 8.99. The zero-order valence-corrected chi connectivity index (χ0v) is 12.2. The first-order valence-corrected chi connectivity index (χ1v) is 7.17. The van der Waals surface area contributed by atoms with Crippen molar-refractivity contribution in [2.75, 3.05) is 0 Å². The van der Waals surface area contributed by atoms with E-state index in [1.54, 1.807) is 0 Å². The number of H-pyrrole nitrogens is 1. The highest BCUT2D eigenvalue weighted by Gasteiger charge is 2.22. The first kappa shape index (κ1) is 12.0. The van der Waals surface area contributed by atoms with Crippen LogP contribution in [0.4, 0.5) is 0 Å². The molecule has 0 unspecified atom stereocenters. The number of aromatic nitrogens is 1. The highest BCUT2D eigenvalue weighted by molar-refractivity contribution is 9.10. The molecule has 2 aromatic rings. The average Bonchev–Trinajstić information content (AvgIpc) is 2.84. The van der Waals surface area contributed by atoms with E-state index in [-0.39, 0.29) is 5.91 Å². The van der Waals surface area contributed by atoms with E-state index in [0.29, 0.717) is 9.23 Å². The Labute approximate surface area is 121 Å². The number of hydrogen-bond donors (Lipinski definition) is 2. The van der Waals surface area contributed by atoms with E-state index in [2.05, 4.69) is 26.2 Å². The van der Waals surface area contributed by atoms with Crippen molar-refractivity contribution in [3.63, 3.8) is 0 Å². The SMILES string of the molecule is O=C1NC(=S)S/C1=C\c1c[nH]c2ccc(Br)cc12. The summed E-state index contributed by atoms with van der Waals surface area (Å²) in [6.45, 7) is 0. The van der Waals surface area contributed by atoms with Gasteiger partial charge in [0.25, 0.3) is 5.91 Å². The van der Waals surface area contributed by atoms with Gasteiger partial charge in [-0.15, -0.1) is 0 Å². The molecule has 1 aliphatic heterocycles. The average molecular weight is 339 g/mol. The van der Waals surface area contributed by atoms with Gasteiger partial charge in [0.05, 0.1) is 4.91 Å². The summed E-state index contributed by atoms with van der Waals surface area (Å²) in [4.78, 5) is 15.4. The van der Waals surface area contributed by atoms with Crippen molar-refractivity contribution in [3.05, 3.63) is 39.3 Å². The van der Waals surface area contributed by atoms with Crippen molar-refractivity contribution in [2.24, 2.45) is 0 Å². The summed E-state index contributed by atoms with van der Waals surface area (Å²) in [5.74, 6) is -0.130. The molecule has 3 rings (SSSR count). The number of aromatic amines is 1. The Balaban J connectivity index is 2.10. The Kier molecular flexibility index (Phi) is 3.01. The van der Waals surface area contributed by atoms with E-state index in [1.807, 2.05) is 30.5 Å². The number of halogens is 1. The number of carbonyl (C=O) groups is 1. The number of thioether (sulfide) groups is 1. The highest BCUT2D eigenvalue weighted by Crippen LogP contribution is 2.29. The monoisotopic (exact) mass is 338 g/mol. The lowest BCUT2D eigenvalue weighted by Gasteiger charge is -1.95. The fourth-order valence-corrected chi connectivity index (χ4v) is 3.19. The first-order valence-electron chi connectivity index (χ1n) is 5.15. The molecule has 90 valence electrons. The normalized spacial score (nSPS) is 17.7. The number of amides is 1. The van der Waals surface area contributed by atoms with Crippen molar-refractivity contribution in [2.45, 2.75) is 0 Å². The molecule has 6 heteroatoms. The quantitative estimate of drug-likeness (QED) is 0.618. The maximum absolute atomic E-state index is 11.6. The van der Waals surface area contributed by atoms with E-state index >= 15 is 0 Å². The van der Waals surface area contributed by atoms with Gasteiger partial charge in [0, 0.05) is 27.1 Å². The van der Waals surface area contributed by atoms with Crippen LogP contribution in [0, 0.1) is 0 Å². The summed E-state index contributed by atoms with van der Waals surface area (Å²) in [5.41, 5.74) is 2.02. The molecule has 1 aromatic carbocycles. The maximum atomic E-state index is 11.6. The maximum Gasteiger partial charge on any atom is 0.263 e. The molecule has 0 spiro atoms. The summed E-state index contributed by atoms with van der Waals surface area (Å²) in [5, 5.41) is 3.68. The van der Waals surface area contributed by atoms with Gasteiger partial charge < -0.3 is 10.3 Å². The molecule has 1 fully saturated rings. The van der Waals surface area contributed by atoms with Crippen LogP contribution in [0.5, 0.6) is 0 Å². The van der Waals surface area contributed by atoms with Crippen LogP contribution in [0.2, 0.25) is 0 Å². The predicted octanol–water partition coefficient (Wildman–Crippen LogP) is 3.42. The van der Waals surface area contributed by atoms with Gasteiger partial charge in [-0.25, -0.2) is 0 Å². The zero-order chi connectivity index (χ0) is 12.7. The second kappa shape index (κ2) is 4.53. The van der Waals surface area contributed by atoms with Crippen molar-refractivity contribution >= 4 is 67.1 Å². The second-order valence-electron chi connectivity index (χ2n) is 3.79. The fraction of sp³-hybridized carbons (Fsp3) is 0. The van der Waals surface area contributed by atoms with Crippen LogP contribution >= 0.6 is 39.9 Å². The molecule has 18 heavy (non-hydrogen) atoms. The van der Waals surface area contributed by atoms with Crippen molar-refractivity contribution in [3.8, 4) is 0 Å². The third-order valence-electron chi connectivity index (χ3n) is 2.60. The largest absolute Gasteiger partial charge is 0.361 e. The topological polar surface area (TPSA) is 44.9 Å². The molecule has 0 bridgehead atoms. The van der Waals surface area contributed by atoms with Crippen LogP contribution in [-0.2, 0) is 4.79 Å². The molecule has 1 aliphatic rings. The number of carbonyl (C=O) groups excluding carboxylic acids is 1. The third-order valence-corrected chi connectivity index (χ3v) is 4.26. The molecule has 1 aromatic heterocycles. The summed E-state index contributed by atoms with van der Waals surface area (Å²) in [7, 11) is 0. The van der Waals surface area contributed by atoms with Gasteiger partial charge in [-0.1, -0.05) is 39.9 Å². The van der Waals surface area contributed by atoms with Gasteiger partial charge >= 0.3 is 0 Å². The van der Waals surface area contributed by atoms with E-state index in [4.69, 9.17) is 12.2 Å². The van der Waals surface area contributed by atoms with Gasteiger partial charge in [0.15, 0.2) is 0 Å². The van der Waals surface area contributed by atoms with Crippen LogP contribution in [0.1, 0.15) is 5.56 Å². The van der Waals surface area contributed by atoms with Gasteiger partial charge in [-0.05, 0) is 24.3 Å². The number of hydrogen-bond acceptors (Lipinski definition) is 3. The Bertz CT molecular complexity index is 705. The number of nitrogens with one attached hydrogen (secondary N) is 2. The second-order valence-corrected chi connectivity index (χ2v) is 6.42. The Morgan fingerprint density at radius 2 is 2.22 bits per heavy atom. The van der Waals surface area contributed by atoms with Gasteiger partial charge in [0.1, 0.15) is 4.32 Å². The van der Waals surface area contributed by atoms with Crippen molar-refractivity contribution < 1.29 is 4.79 Å². The lowest BCUT2D eigenvalue weighted by molar-refractivity contribution is -0.115. The van der Waals surface area contributed by atoms with Crippen LogP contribution < -0.4 is 5.32 Å². The van der Waals surface area contributed by atoms with E-state index in [9.17, 15) is 4.79 Å². The van der Waals surface area contributed by atoms with E-state index in [1.165, 1.54) is 11.8 Å². The Morgan fingerprint density at radius 3 is 2.94 bits per heavy atom. The Hall–Kier alpha value is -1.11. The minimum absolute atomic E-state index is 0.130. The van der Waals surface area contributed by atoms with Crippen LogP contribution in [-0.4, -0.2) is 15.2 Å². The van der Waals surface area contributed by atoms with E-state index in [0.717, 1.165) is 20.9 Å². The fourth-order valence-electron chi connectivity index (χ4n) is 1.80. The highest BCUT2D eigenvalue weighted by atomic mass is 79.9. The molecule has 0 saturated carbocycles. The Morgan fingerprint density at radius 1 is 1.39 bits per heavy atom. The summed E-state index contributed by atoms with van der Waals surface area (Å²) >= 11 is 9.70. The van der Waals surface area contributed by atoms with Gasteiger partial charge in [-0.2, -0.15) is 0 Å². The molecule has 0 atom stereocenters. The smallest absolute Gasteiger partial charge is 0.263 e. The van der Waals surface area contributed by atoms with Crippen molar-refractivity contribution in [1.29, 1.82) is 0 Å². The molecule has 2 N–H and O–H groups in total. The third kappa shape index (κ3) is 2.11. The lowest BCUT2D eigenvalue weighted by Crippen LogP contribution is -2.17. The van der Waals surface area contributed by atoms with Crippen LogP contribution in [0.15, 0.2) is 33.8 Å². The molecule has 0 aliphatic carbocycles. The van der Waals surface area contributed by atoms with Gasteiger partial charge in [0.2, 0.25) is 0 Å². The van der Waals surface area contributed by atoms with Gasteiger partial charge in [-0.3, -0.25) is 4.79 Å². The predicted molar refractivity (Wildman–Crippen MR) is 82.3 cm³/mol. The number of thiocarbonyl (C=S) groups is 1. The van der Waals surface area contributed by atoms with Crippen LogP contribution in [0.3, 0.4) is 0 Å². The summed E-state index contributed by atoms with van der Waals surface area (Å²) < 4.78 is 1.51. The molecular formula is C12H7BrN2OS2. The molecule has 1 amide bonds. The van der Waals surface area contributed by atoms with Crippen LogP contribution in [0.25, 0.3) is 17.0 Å². The molecule has 2 heterocycles. The number of benzene rings is 1. The number of rotatable bonds is 1.